The van der Waals surface area contributed by atoms with Crippen LogP contribution in [0.4, 0.5) is 0 Å². The number of aryl methyl sites for hydroxylation is 3. The Balaban J connectivity index is 1.54. The van der Waals surface area contributed by atoms with Crippen molar-refractivity contribution in [3.05, 3.63) is 70.3 Å². The molecule has 3 aromatic rings. The Kier molecular flexibility index (Phi) is 5.80. The van der Waals surface area contributed by atoms with Crippen LogP contribution in [0.25, 0.3) is 11.3 Å². The SMILES string of the molecule is Cc1cc(C)n(CCCNC(=O)Cn2nc(-c3ccccc3)ccc2=O)n1. The van der Waals surface area contributed by atoms with E-state index in [2.05, 4.69) is 15.5 Å². The van der Waals surface area contributed by atoms with E-state index in [4.69, 9.17) is 0 Å². The number of hydrogen-bond acceptors (Lipinski definition) is 4. The van der Waals surface area contributed by atoms with Crippen LogP contribution in [0.15, 0.2) is 53.3 Å². The number of hydrogen-bond donors (Lipinski definition) is 1. The number of rotatable bonds is 7. The van der Waals surface area contributed by atoms with Crippen LogP contribution < -0.4 is 10.9 Å². The molecule has 0 unspecified atom stereocenters. The van der Waals surface area contributed by atoms with Gasteiger partial charge < -0.3 is 5.32 Å². The van der Waals surface area contributed by atoms with Crippen molar-refractivity contribution in [1.82, 2.24) is 24.9 Å². The molecule has 0 fully saturated rings. The van der Waals surface area contributed by atoms with Gasteiger partial charge in [0.15, 0.2) is 0 Å². The van der Waals surface area contributed by atoms with Gasteiger partial charge >= 0.3 is 0 Å². The first-order chi connectivity index (χ1) is 13.0. The number of aromatic nitrogens is 4. The lowest BCUT2D eigenvalue weighted by Crippen LogP contribution is -2.34. The minimum absolute atomic E-state index is 0.0978. The number of carbonyl (C=O) groups excluding carboxylic acids is 1. The summed E-state index contributed by atoms with van der Waals surface area (Å²) in [5, 5.41) is 11.5. The molecule has 7 heteroatoms. The zero-order chi connectivity index (χ0) is 19.2. The number of nitrogens with one attached hydrogen (secondary N) is 1. The van der Waals surface area contributed by atoms with Crippen LogP contribution in [0, 0.1) is 13.8 Å². The summed E-state index contributed by atoms with van der Waals surface area (Å²) in [4.78, 5) is 24.2. The molecule has 1 aromatic carbocycles. The standard InChI is InChI=1S/C20H23N5O2/c1-15-13-16(2)24(22-15)12-6-11-21-19(26)14-25-20(27)10-9-18(23-25)17-7-4-3-5-8-17/h3-5,7-10,13H,6,11-12,14H2,1-2H3,(H,21,26). The van der Waals surface area contributed by atoms with E-state index in [1.807, 2.05) is 54.9 Å². The Morgan fingerprint density at radius 1 is 1.04 bits per heavy atom. The van der Waals surface area contributed by atoms with Crippen LogP contribution in [0.3, 0.4) is 0 Å². The van der Waals surface area contributed by atoms with Gasteiger partial charge in [-0.3, -0.25) is 14.3 Å². The summed E-state index contributed by atoms with van der Waals surface area (Å²) in [6, 6.07) is 14.7. The molecule has 27 heavy (non-hydrogen) atoms. The molecule has 2 heterocycles. The highest BCUT2D eigenvalue weighted by atomic mass is 16.2. The Labute approximate surface area is 157 Å². The minimum Gasteiger partial charge on any atom is -0.354 e. The first-order valence-electron chi connectivity index (χ1n) is 8.94. The fourth-order valence-electron chi connectivity index (χ4n) is 2.87. The van der Waals surface area contributed by atoms with Crippen LogP contribution >= 0.6 is 0 Å². The van der Waals surface area contributed by atoms with Crippen molar-refractivity contribution in [2.45, 2.75) is 33.4 Å². The number of benzene rings is 1. The summed E-state index contributed by atoms with van der Waals surface area (Å²) < 4.78 is 3.12. The van der Waals surface area contributed by atoms with Crippen molar-refractivity contribution >= 4 is 5.91 Å². The average Bonchev–Trinajstić information content (AvgIpc) is 2.98. The van der Waals surface area contributed by atoms with Crippen molar-refractivity contribution in [3.8, 4) is 11.3 Å². The number of amides is 1. The fraction of sp³-hybridized carbons (Fsp3) is 0.300. The molecule has 0 aliphatic heterocycles. The van der Waals surface area contributed by atoms with Crippen LogP contribution in [-0.2, 0) is 17.9 Å². The molecule has 0 aliphatic rings. The van der Waals surface area contributed by atoms with Gasteiger partial charge in [-0.15, -0.1) is 0 Å². The maximum atomic E-state index is 12.2. The smallest absolute Gasteiger partial charge is 0.267 e. The molecule has 0 bridgehead atoms. The van der Waals surface area contributed by atoms with Crippen molar-refractivity contribution in [2.24, 2.45) is 0 Å². The average molecular weight is 365 g/mol. The Morgan fingerprint density at radius 3 is 2.52 bits per heavy atom. The second-order valence-electron chi connectivity index (χ2n) is 6.43. The van der Waals surface area contributed by atoms with E-state index in [0.717, 1.165) is 29.9 Å². The van der Waals surface area contributed by atoms with Gasteiger partial charge in [-0.05, 0) is 32.4 Å². The van der Waals surface area contributed by atoms with E-state index in [-0.39, 0.29) is 18.0 Å². The molecular weight excluding hydrogens is 342 g/mol. The lowest BCUT2D eigenvalue weighted by Gasteiger charge is -2.09. The second kappa shape index (κ2) is 8.44. The lowest BCUT2D eigenvalue weighted by molar-refractivity contribution is -0.121. The quantitative estimate of drug-likeness (QED) is 0.649. The molecule has 0 saturated heterocycles. The zero-order valence-corrected chi connectivity index (χ0v) is 15.6. The largest absolute Gasteiger partial charge is 0.354 e. The van der Waals surface area contributed by atoms with E-state index in [1.54, 1.807) is 6.07 Å². The summed E-state index contributed by atoms with van der Waals surface area (Å²) in [5.74, 6) is -0.233. The molecule has 3 rings (SSSR count). The van der Waals surface area contributed by atoms with Crippen molar-refractivity contribution < 1.29 is 4.79 Å². The number of nitrogens with zero attached hydrogens (tertiary/aromatic N) is 4. The summed E-state index contributed by atoms with van der Waals surface area (Å²) in [6.45, 7) is 5.13. The summed E-state index contributed by atoms with van der Waals surface area (Å²) in [7, 11) is 0. The molecule has 0 atom stereocenters. The third kappa shape index (κ3) is 4.91. The van der Waals surface area contributed by atoms with Crippen molar-refractivity contribution in [2.75, 3.05) is 6.54 Å². The molecule has 1 N–H and O–H groups in total. The summed E-state index contributed by atoms with van der Waals surface area (Å²) in [5.41, 5.74) is 3.35. The summed E-state index contributed by atoms with van der Waals surface area (Å²) in [6.07, 6.45) is 0.764. The molecule has 0 radical (unpaired) electrons. The highest BCUT2D eigenvalue weighted by Gasteiger charge is 2.08. The molecule has 0 aliphatic carbocycles. The van der Waals surface area contributed by atoms with E-state index < -0.39 is 0 Å². The maximum Gasteiger partial charge on any atom is 0.267 e. The van der Waals surface area contributed by atoms with Gasteiger partial charge in [0.05, 0.1) is 11.4 Å². The second-order valence-corrected chi connectivity index (χ2v) is 6.43. The molecule has 1 amide bonds. The van der Waals surface area contributed by atoms with Crippen LogP contribution in [0.1, 0.15) is 17.8 Å². The van der Waals surface area contributed by atoms with Gasteiger partial charge in [-0.2, -0.15) is 10.2 Å². The van der Waals surface area contributed by atoms with Crippen LogP contribution in [0.2, 0.25) is 0 Å². The van der Waals surface area contributed by atoms with Crippen molar-refractivity contribution in [1.29, 1.82) is 0 Å². The van der Waals surface area contributed by atoms with Gasteiger partial charge in [0.1, 0.15) is 6.54 Å². The van der Waals surface area contributed by atoms with Crippen molar-refractivity contribution in [3.63, 3.8) is 0 Å². The van der Waals surface area contributed by atoms with Gasteiger partial charge in [-0.25, -0.2) is 4.68 Å². The van der Waals surface area contributed by atoms with Gasteiger partial charge in [-0.1, -0.05) is 30.3 Å². The molecule has 140 valence electrons. The third-order valence-corrected chi connectivity index (χ3v) is 4.20. The molecule has 7 nitrogen and oxygen atoms in total. The maximum absolute atomic E-state index is 12.2. The van der Waals surface area contributed by atoms with E-state index in [9.17, 15) is 9.59 Å². The molecule has 0 saturated carbocycles. The van der Waals surface area contributed by atoms with E-state index in [0.29, 0.717) is 12.2 Å². The van der Waals surface area contributed by atoms with Gasteiger partial charge in [0.2, 0.25) is 5.91 Å². The summed E-state index contributed by atoms with van der Waals surface area (Å²) >= 11 is 0. The topological polar surface area (TPSA) is 81.8 Å². The first-order valence-corrected chi connectivity index (χ1v) is 8.94. The Bertz CT molecular complexity index is 976. The third-order valence-electron chi connectivity index (χ3n) is 4.20. The predicted octanol–water partition coefficient (Wildman–Crippen LogP) is 1.93. The van der Waals surface area contributed by atoms with E-state index >= 15 is 0 Å². The molecular formula is C20H23N5O2. The molecule has 0 spiro atoms. The molecule has 2 aromatic heterocycles. The normalized spacial score (nSPS) is 10.7. The fourth-order valence-corrected chi connectivity index (χ4v) is 2.87. The van der Waals surface area contributed by atoms with Crippen LogP contribution in [0.5, 0.6) is 0 Å². The van der Waals surface area contributed by atoms with E-state index in [1.165, 1.54) is 10.7 Å². The highest BCUT2D eigenvalue weighted by Crippen LogP contribution is 2.13. The minimum atomic E-state index is -0.299. The number of carbonyl (C=O) groups is 1. The van der Waals surface area contributed by atoms with Crippen LogP contribution in [-0.4, -0.2) is 32.0 Å². The first kappa shape index (κ1) is 18.6. The monoisotopic (exact) mass is 365 g/mol. The van der Waals surface area contributed by atoms with Gasteiger partial charge in [0, 0.05) is 30.4 Å². The highest BCUT2D eigenvalue weighted by molar-refractivity contribution is 5.75. The predicted molar refractivity (Wildman–Crippen MR) is 103 cm³/mol. The Hall–Kier alpha value is -3.22. The van der Waals surface area contributed by atoms with Gasteiger partial charge in [0.25, 0.3) is 5.56 Å². The Morgan fingerprint density at radius 2 is 1.81 bits per heavy atom. The lowest BCUT2D eigenvalue weighted by atomic mass is 10.1. The zero-order valence-electron chi connectivity index (χ0n) is 15.6.